The molecule has 0 aromatic heterocycles. The predicted molar refractivity (Wildman–Crippen MR) is 230 cm³/mol. The van der Waals surface area contributed by atoms with Gasteiger partial charge >= 0.3 is 0 Å². The molecule has 2 heterocycles. The first-order chi connectivity index (χ1) is 27.3. The van der Waals surface area contributed by atoms with Crippen molar-refractivity contribution in [3.05, 3.63) is 126 Å². The van der Waals surface area contributed by atoms with Crippen LogP contribution in [-0.2, 0) is 41.5 Å². The Kier molecular flexibility index (Phi) is 13.9. The number of unbranched alkanes of at least 4 members (excludes halogenated alkanes) is 3. The van der Waals surface area contributed by atoms with Crippen LogP contribution >= 0.6 is 12.0 Å². The van der Waals surface area contributed by atoms with Crippen LogP contribution in [0, 0.1) is 0 Å². The SMILES string of the molecule is CC(=O)CCCCC[N+]1=C(/C=C/C=C2/N(CCCc3ccccc3)c3ccccc3C2(C)CCCCS(=O)(=O)O)C(C)(C)c2c1ccc1ccc(SOOO)cc21. The molecule has 0 amide bonds. The number of carbonyl (C=O) groups excluding carboxylic acids is 1. The molecule has 11 heteroatoms. The van der Waals surface area contributed by atoms with Crippen molar-refractivity contribution in [3.8, 4) is 0 Å². The molecule has 57 heavy (non-hydrogen) atoms. The normalized spacial score (nSPS) is 18.3. The average molecular weight is 812 g/mol. The van der Waals surface area contributed by atoms with Crippen molar-refractivity contribution in [1.82, 2.24) is 0 Å². The Morgan fingerprint density at radius 2 is 1.67 bits per heavy atom. The van der Waals surface area contributed by atoms with E-state index in [1.54, 1.807) is 6.92 Å². The zero-order chi connectivity index (χ0) is 40.6. The first-order valence-electron chi connectivity index (χ1n) is 19.9. The summed E-state index contributed by atoms with van der Waals surface area (Å²) in [6.07, 6.45) is 13.7. The van der Waals surface area contributed by atoms with Gasteiger partial charge in [-0.25, -0.2) is 5.26 Å². The minimum absolute atomic E-state index is 0.218. The molecule has 9 nitrogen and oxygen atoms in total. The van der Waals surface area contributed by atoms with Crippen LogP contribution in [0.5, 0.6) is 0 Å². The van der Waals surface area contributed by atoms with E-state index in [0.717, 1.165) is 85.0 Å². The lowest BCUT2D eigenvalue weighted by Crippen LogP contribution is -2.30. The Hall–Kier alpha value is -4.10. The summed E-state index contributed by atoms with van der Waals surface area (Å²) in [5.41, 5.74) is 7.63. The number of hydrogen-bond donors (Lipinski definition) is 2. The molecule has 0 aliphatic carbocycles. The number of rotatable bonds is 20. The van der Waals surface area contributed by atoms with Crippen LogP contribution in [-0.4, -0.2) is 53.1 Å². The number of anilines is 1. The van der Waals surface area contributed by atoms with Crippen molar-refractivity contribution in [2.45, 2.75) is 101 Å². The lowest BCUT2D eigenvalue weighted by atomic mass is 9.77. The van der Waals surface area contributed by atoms with Crippen LogP contribution < -0.4 is 4.90 Å². The van der Waals surface area contributed by atoms with E-state index in [9.17, 15) is 17.8 Å². The molecule has 302 valence electrons. The Bertz CT molecular complexity index is 2270. The molecule has 2 aliphatic heterocycles. The highest BCUT2D eigenvalue weighted by Crippen LogP contribution is 2.51. The molecule has 6 rings (SSSR count). The van der Waals surface area contributed by atoms with Gasteiger partial charge in [-0.1, -0.05) is 72.1 Å². The van der Waals surface area contributed by atoms with Crippen LogP contribution in [0.15, 0.2) is 114 Å². The fraction of sp³-hybridized carbons (Fsp3) is 0.391. The molecule has 4 aromatic carbocycles. The summed E-state index contributed by atoms with van der Waals surface area (Å²) in [5.74, 6) is -0.0321. The van der Waals surface area contributed by atoms with Crippen LogP contribution in [0.25, 0.3) is 10.8 Å². The maximum Gasteiger partial charge on any atom is 0.264 e. The number of Topliss-reactive ketones (excluding diaryl/α,β-unsaturated/α-hetero) is 1. The standard InChI is InChI=1S/C46H54N2O7S2/c1-34(49)17-7-6-13-30-48-41-28-26-36-25-27-37(56-55-54-50)33-38(36)44(41)45(2,3)42(48)23-15-24-43-46(4,29-12-14-32-57(51,52)53)39-21-10-11-22-40(39)47(43)31-16-20-35-18-8-5-9-19-35/h5,8-11,15,18-19,21-28,33H,6-7,12-14,16-17,20,29-32H2,1-4H3,(H-,50,51,52,53)/p+1. The van der Waals surface area contributed by atoms with E-state index in [-0.39, 0.29) is 22.4 Å². The molecule has 1 unspecified atom stereocenters. The maximum atomic E-state index is 11.7. The topological polar surface area (TPSA) is 116 Å². The minimum atomic E-state index is -4.04. The van der Waals surface area contributed by atoms with Crippen LogP contribution in [0.2, 0.25) is 0 Å². The summed E-state index contributed by atoms with van der Waals surface area (Å²) in [6.45, 7) is 10.1. The Morgan fingerprint density at radius 3 is 2.42 bits per heavy atom. The molecule has 0 saturated heterocycles. The summed E-state index contributed by atoms with van der Waals surface area (Å²) in [4.78, 5) is 14.9. The highest BCUT2D eigenvalue weighted by Gasteiger charge is 2.46. The number of nitrogens with zero attached hydrogens (tertiary/aromatic N) is 2. The van der Waals surface area contributed by atoms with Crippen molar-refractivity contribution >= 4 is 55.8 Å². The fourth-order valence-electron chi connectivity index (χ4n) is 8.83. The number of benzene rings is 4. The van der Waals surface area contributed by atoms with Gasteiger partial charge in [0.2, 0.25) is 5.69 Å². The average Bonchev–Trinajstić information content (AvgIpc) is 3.55. The number of ketones is 1. The van der Waals surface area contributed by atoms with Crippen molar-refractivity contribution in [1.29, 1.82) is 0 Å². The van der Waals surface area contributed by atoms with Gasteiger partial charge < -0.3 is 9.69 Å². The van der Waals surface area contributed by atoms with Crippen molar-refractivity contribution in [3.63, 3.8) is 0 Å². The Labute approximate surface area is 341 Å². The molecule has 0 radical (unpaired) electrons. The number of carbonyl (C=O) groups is 1. The summed E-state index contributed by atoms with van der Waals surface area (Å²) >= 11 is 0.950. The van der Waals surface area contributed by atoms with Gasteiger partial charge in [0.25, 0.3) is 10.1 Å². The van der Waals surface area contributed by atoms with E-state index >= 15 is 0 Å². The number of fused-ring (bicyclic) bond motifs is 4. The van der Waals surface area contributed by atoms with Crippen molar-refractivity contribution in [2.75, 3.05) is 23.7 Å². The van der Waals surface area contributed by atoms with Gasteiger partial charge in [-0.3, -0.25) is 4.55 Å². The molecule has 0 saturated carbocycles. The number of hydrogen-bond acceptors (Lipinski definition) is 8. The lowest BCUT2D eigenvalue weighted by Gasteiger charge is -2.30. The van der Waals surface area contributed by atoms with E-state index in [0.29, 0.717) is 19.3 Å². The highest BCUT2D eigenvalue weighted by molar-refractivity contribution is 7.94. The highest BCUT2D eigenvalue weighted by atomic mass is 32.2. The molecule has 2 aliphatic rings. The van der Waals surface area contributed by atoms with Gasteiger partial charge in [0.05, 0.1) is 23.2 Å². The van der Waals surface area contributed by atoms with Gasteiger partial charge in [-0.15, -0.1) is 4.33 Å². The Balaban J connectivity index is 1.39. The zero-order valence-corrected chi connectivity index (χ0v) is 35.1. The summed E-state index contributed by atoms with van der Waals surface area (Å²) < 4.78 is 40.0. The lowest BCUT2D eigenvalue weighted by molar-refractivity contribution is -0.438. The smallest absolute Gasteiger partial charge is 0.264 e. The Morgan fingerprint density at radius 1 is 0.912 bits per heavy atom. The number of aryl methyl sites for hydroxylation is 1. The van der Waals surface area contributed by atoms with E-state index in [2.05, 4.69) is 126 Å². The van der Waals surface area contributed by atoms with Crippen molar-refractivity contribution < 1.29 is 37.0 Å². The second-order valence-electron chi connectivity index (χ2n) is 16.0. The molecule has 0 spiro atoms. The monoisotopic (exact) mass is 811 g/mol. The first kappa shape index (κ1) is 42.5. The third-order valence-electron chi connectivity index (χ3n) is 11.6. The van der Waals surface area contributed by atoms with Gasteiger partial charge in [0.15, 0.2) is 5.71 Å². The van der Waals surface area contributed by atoms with E-state index < -0.39 is 10.1 Å². The molecule has 1 atom stereocenters. The van der Waals surface area contributed by atoms with Gasteiger partial charge in [-0.05, 0) is 118 Å². The summed E-state index contributed by atoms with van der Waals surface area (Å²) in [5, 5.41) is 14.9. The molecular weight excluding hydrogens is 757 g/mol. The maximum absolute atomic E-state index is 11.7. The number of allylic oxidation sites excluding steroid dienone is 4. The number of para-hydroxylation sites is 1. The van der Waals surface area contributed by atoms with Gasteiger partial charge in [0, 0.05) is 58.8 Å². The van der Waals surface area contributed by atoms with Crippen LogP contribution in [0.3, 0.4) is 0 Å². The quantitative estimate of drug-likeness (QED) is 0.0225. The van der Waals surface area contributed by atoms with Crippen molar-refractivity contribution in [2.24, 2.45) is 0 Å². The molecule has 0 fully saturated rings. The molecule has 4 aromatic rings. The third-order valence-corrected chi connectivity index (χ3v) is 12.9. The minimum Gasteiger partial charge on any atom is -0.344 e. The fourth-order valence-corrected chi connectivity index (χ4v) is 9.80. The van der Waals surface area contributed by atoms with E-state index in [4.69, 9.17) is 9.59 Å². The van der Waals surface area contributed by atoms with E-state index in [1.807, 2.05) is 12.1 Å². The molecular formula is C46H55N2O7S2+. The third kappa shape index (κ3) is 9.96. The van der Waals surface area contributed by atoms with Crippen LogP contribution in [0.1, 0.15) is 95.8 Å². The largest absolute Gasteiger partial charge is 0.344 e. The first-order valence-corrected chi connectivity index (χ1v) is 22.3. The second-order valence-corrected chi connectivity index (χ2v) is 18.3. The predicted octanol–water partition coefficient (Wildman–Crippen LogP) is 10.7. The summed E-state index contributed by atoms with van der Waals surface area (Å²) in [7, 11) is -4.04. The molecule has 2 N–H and O–H groups in total. The zero-order valence-electron chi connectivity index (χ0n) is 33.4. The van der Waals surface area contributed by atoms with Gasteiger partial charge in [0.1, 0.15) is 12.3 Å². The second kappa shape index (κ2) is 18.7. The molecule has 0 bridgehead atoms. The summed E-state index contributed by atoms with van der Waals surface area (Å²) in [6, 6.07) is 29.5. The van der Waals surface area contributed by atoms with Gasteiger partial charge in [-0.2, -0.15) is 13.0 Å². The van der Waals surface area contributed by atoms with E-state index in [1.165, 1.54) is 33.8 Å². The van der Waals surface area contributed by atoms with Crippen LogP contribution in [0.4, 0.5) is 11.4 Å².